The van der Waals surface area contributed by atoms with Crippen molar-refractivity contribution >= 4 is 11.4 Å². The molecule has 0 atom stereocenters. The average Bonchev–Trinajstić information content (AvgIpc) is 2.23. The van der Waals surface area contributed by atoms with Gasteiger partial charge in [0.15, 0.2) is 0 Å². The number of nitro benzene ring substituents is 1. The van der Waals surface area contributed by atoms with Crippen LogP contribution in [0.15, 0.2) is 24.3 Å². The van der Waals surface area contributed by atoms with E-state index >= 15 is 0 Å². The van der Waals surface area contributed by atoms with Gasteiger partial charge in [0.2, 0.25) is 0 Å². The number of nitro groups is 1. The summed E-state index contributed by atoms with van der Waals surface area (Å²) < 4.78 is 5.16. The molecule has 0 saturated heterocycles. The number of nitrogens with one attached hydrogen (secondary N) is 1. The van der Waals surface area contributed by atoms with E-state index in [1.807, 2.05) is 0 Å². The van der Waals surface area contributed by atoms with E-state index in [-0.39, 0.29) is 16.7 Å². The summed E-state index contributed by atoms with van der Waals surface area (Å²) in [7, 11) is 1.69. The van der Waals surface area contributed by atoms with E-state index in [9.17, 15) is 10.1 Å². The lowest BCUT2D eigenvalue weighted by atomic mass is 9.89. The van der Waals surface area contributed by atoms with Crippen molar-refractivity contribution in [2.45, 2.75) is 25.0 Å². The maximum Gasteiger partial charge on any atom is 0.292 e. The molecule has 0 radical (unpaired) electrons. The molecule has 5 nitrogen and oxygen atoms in total. The summed E-state index contributed by atoms with van der Waals surface area (Å²) in [6.45, 7) is 0. The summed E-state index contributed by atoms with van der Waals surface area (Å²) in [5.74, 6) is 0. The van der Waals surface area contributed by atoms with Crippen LogP contribution in [0, 0.1) is 10.1 Å². The first-order valence-electron chi connectivity index (χ1n) is 5.23. The Morgan fingerprint density at radius 2 is 2.12 bits per heavy atom. The number of anilines is 1. The molecule has 5 heteroatoms. The van der Waals surface area contributed by atoms with Gasteiger partial charge in [0.25, 0.3) is 5.69 Å². The van der Waals surface area contributed by atoms with Crippen LogP contribution >= 0.6 is 0 Å². The number of methoxy groups -OCH3 is 1. The third-order valence-corrected chi connectivity index (χ3v) is 2.89. The van der Waals surface area contributed by atoms with Gasteiger partial charge in [-0.05, 0) is 18.9 Å². The van der Waals surface area contributed by atoms with Gasteiger partial charge in [-0.25, -0.2) is 0 Å². The van der Waals surface area contributed by atoms with Crippen LogP contribution in [-0.2, 0) is 4.74 Å². The highest BCUT2D eigenvalue weighted by molar-refractivity contribution is 5.61. The summed E-state index contributed by atoms with van der Waals surface area (Å²) in [6.07, 6.45) is 2.10. The van der Waals surface area contributed by atoms with Crippen LogP contribution in [0.4, 0.5) is 11.4 Å². The van der Waals surface area contributed by atoms with E-state index < -0.39 is 0 Å². The van der Waals surface area contributed by atoms with Crippen LogP contribution in [0.25, 0.3) is 0 Å². The zero-order valence-corrected chi connectivity index (χ0v) is 9.05. The van der Waals surface area contributed by atoms with Gasteiger partial charge in [0, 0.05) is 19.2 Å². The molecule has 1 N–H and O–H groups in total. The fourth-order valence-corrected chi connectivity index (χ4v) is 1.85. The second-order valence-corrected chi connectivity index (χ2v) is 3.94. The van der Waals surface area contributed by atoms with Crippen molar-refractivity contribution in [2.75, 3.05) is 12.4 Å². The molecule has 0 aromatic heterocycles. The molecule has 1 aliphatic rings. The molecule has 0 bridgehead atoms. The lowest BCUT2D eigenvalue weighted by Crippen LogP contribution is -2.40. The lowest BCUT2D eigenvalue weighted by Gasteiger charge is -2.35. The van der Waals surface area contributed by atoms with Crippen molar-refractivity contribution in [1.82, 2.24) is 0 Å². The molecule has 16 heavy (non-hydrogen) atoms. The number of hydrogen-bond acceptors (Lipinski definition) is 4. The molecule has 86 valence electrons. The normalized spacial score (nSPS) is 23.6. The molecule has 0 spiro atoms. The highest BCUT2D eigenvalue weighted by Gasteiger charge is 2.30. The second kappa shape index (κ2) is 4.49. The Labute approximate surface area is 93.6 Å². The molecule has 1 aromatic rings. The van der Waals surface area contributed by atoms with Crippen LogP contribution in [0.1, 0.15) is 12.8 Å². The maximum absolute atomic E-state index is 10.8. The molecule has 0 amide bonds. The summed E-state index contributed by atoms with van der Waals surface area (Å²) >= 11 is 0. The van der Waals surface area contributed by atoms with Gasteiger partial charge in [0.05, 0.1) is 11.0 Å². The number of nitrogens with zero attached hydrogens (tertiary/aromatic N) is 1. The monoisotopic (exact) mass is 222 g/mol. The lowest BCUT2D eigenvalue weighted by molar-refractivity contribution is -0.384. The standard InChI is InChI=1S/C11H14N2O3/c1-16-9-6-8(7-9)12-10-4-2-3-5-11(10)13(14)15/h2-5,8-9,12H,6-7H2,1H3. The molecule has 1 aliphatic carbocycles. The van der Waals surface area contributed by atoms with Crippen molar-refractivity contribution < 1.29 is 9.66 Å². The first kappa shape index (κ1) is 10.9. The summed E-state index contributed by atoms with van der Waals surface area (Å²) in [5, 5.41) is 13.9. The summed E-state index contributed by atoms with van der Waals surface area (Å²) in [5.41, 5.74) is 0.718. The van der Waals surface area contributed by atoms with Crippen LogP contribution < -0.4 is 5.32 Å². The number of hydrogen-bond donors (Lipinski definition) is 1. The van der Waals surface area contributed by atoms with E-state index in [2.05, 4.69) is 5.32 Å². The molecule has 0 unspecified atom stereocenters. The van der Waals surface area contributed by atoms with E-state index in [4.69, 9.17) is 4.74 Å². The molecule has 1 fully saturated rings. The number of benzene rings is 1. The number of ether oxygens (including phenoxy) is 1. The fourth-order valence-electron chi connectivity index (χ4n) is 1.85. The van der Waals surface area contributed by atoms with Gasteiger partial charge in [-0.1, -0.05) is 12.1 Å². The topological polar surface area (TPSA) is 64.4 Å². The van der Waals surface area contributed by atoms with Gasteiger partial charge in [-0.3, -0.25) is 10.1 Å². The zero-order chi connectivity index (χ0) is 11.5. The van der Waals surface area contributed by atoms with Gasteiger partial charge in [-0.2, -0.15) is 0 Å². The fraction of sp³-hybridized carbons (Fsp3) is 0.455. The zero-order valence-electron chi connectivity index (χ0n) is 9.05. The van der Waals surface area contributed by atoms with Gasteiger partial charge >= 0.3 is 0 Å². The highest BCUT2D eigenvalue weighted by atomic mass is 16.6. The Bertz CT molecular complexity index is 389. The molecule has 1 aromatic carbocycles. The Balaban J connectivity index is 2.02. The Morgan fingerprint density at radius 1 is 1.44 bits per heavy atom. The van der Waals surface area contributed by atoms with Crippen LogP contribution in [-0.4, -0.2) is 24.2 Å². The maximum atomic E-state index is 10.8. The van der Waals surface area contributed by atoms with Crippen LogP contribution in [0.5, 0.6) is 0 Å². The first-order chi connectivity index (χ1) is 7.70. The van der Waals surface area contributed by atoms with E-state index in [0.29, 0.717) is 11.8 Å². The minimum absolute atomic E-state index is 0.128. The largest absolute Gasteiger partial charge is 0.381 e. The summed E-state index contributed by atoms with van der Waals surface area (Å²) in [6, 6.07) is 6.99. The van der Waals surface area contributed by atoms with Crippen LogP contribution in [0.3, 0.4) is 0 Å². The quantitative estimate of drug-likeness (QED) is 0.626. The van der Waals surface area contributed by atoms with Crippen molar-refractivity contribution in [1.29, 1.82) is 0 Å². The van der Waals surface area contributed by atoms with Crippen molar-refractivity contribution in [3.8, 4) is 0 Å². The van der Waals surface area contributed by atoms with Crippen molar-refractivity contribution in [3.63, 3.8) is 0 Å². The predicted octanol–water partition coefficient (Wildman–Crippen LogP) is 2.18. The van der Waals surface area contributed by atoms with Crippen LogP contribution in [0.2, 0.25) is 0 Å². The van der Waals surface area contributed by atoms with E-state index in [1.165, 1.54) is 6.07 Å². The van der Waals surface area contributed by atoms with Crippen molar-refractivity contribution in [2.24, 2.45) is 0 Å². The first-order valence-corrected chi connectivity index (χ1v) is 5.23. The third-order valence-electron chi connectivity index (χ3n) is 2.89. The smallest absolute Gasteiger partial charge is 0.292 e. The average molecular weight is 222 g/mol. The number of para-hydroxylation sites is 2. The molecule has 2 rings (SSSR count). The molecule has 0 heterocycles. The van der Waals surface area contributed by atoms with Gasteiger partial charge < -0.3 is 10.1 Å². The summed E-state index contributed by atoms with van der Waals surface area (Å²) in [4.78, 5) is 10.4. The van der Waals surface area contributed by atoms with Gasteiger partial charge in [0.1, 0.15) is 5.69 Å². The van der Waals surface area contributed by atoms with Crippen molar-refractivity contribution in [3.05, 3.63) is 34.4 Å². The van der Waals surface area contributed by atoms with Gasteiger partial charge in [-0.15, -0.1) is 0 Å². The molecule has 1 saturated carbocycles. The Morgan fingerprint density at radius 3 is 2.75 bits per heavy atom. The predicted molar refractivity (Wildman–Crippen MR) is 60.5 cm³/mol. The Kier molecular flexibility index (Phi) is 3.05. The minimum Gasteiger partial charge on any atom is -0.381 e. The minimum atomic E-state index is -0.366. The highest BCUT2D eigenvalue weighted by Crippen LogP contribution is 2.30. The number of rotatable bonds is 4. The third kappa shape index (κ3) is 2.14. The molecule has 0 aliphatic heterocycles. The second-order valence-electron chi connectivity index (χ2n) is 3.94. The van der Waals surface area contributed by atoms with E-state index in [1.54, 1.807) is 25.3 Å². The Hall–Kier alpha value is -1.62. The molecular formula is C11H14N2O3. The van der Waals surface area contributed by atoms with E-state index in [0.717, 1.165) is 12.8 Å². The molecular weight excluding hydrogens is 208 g/mol. The SMILES string of the molecule is COC1CC(Nc2ccccc2[N+](=O)[O-])C1.